The van der Waals surface area contributed by atoms with Crippen molar-refractivity contribution >= 4 is 28.8 Å². The lowest BCUT2D eigenvalue weighted by atomic mass is 10.3. The van der Waals surface area contributed by atoms with E-state index in [0.717, 1.165) is 11.3 Å². The number of alkyl halides is 1. The minimum Gasteiger partial charge on any atom is -0.383 e. The molecule has 0 aliphatic carbocycles. The van der Waals surface area contributed by atoms with E-state index < -0.39 is 0 Å². The molecule has 3 nitrogen and oxygen atoms in total. The van der Waals surface area contributed by atoms with Crippen molar-refractivity contribution in [2.45, 2.75) is 25.1 Å². The Kier molecular flexibility index (Phi) is 6.55. The maximum Gasteiger partial charge on any atom is 0.261 e. The van der Waals surface area contributed by atoms with Crippen molar-refractivity contribution in [2.24, 2.45) is 0 Å². The zero-order chi connectivity index (χ0) is 12.7. The largest absolute Gasteiger partial charge is 0.383 e. The first-order chi connectivity index (χ1) is 8.17. The van der Waals surface area contributed by atoms with Gasteiger partial charge in [0.25, 0.3) is 5.91 Å². The summed E-state index contributed by atoms with van der Waals surface area (Å²) in [6.45, 7) is 3.17. The Labute approximate surface area is 111 Å². The molecule has 17 heavy (non-hydrogen) atoms. The molecule has 1 atom stereocenters. The minimum atomic E-state index is -0.0464. The molecule has 0 fully saturated rings. The van der Waals surface area contributed by atoms with E-state index in [9.17, 15) is 4.79 Å². The predicted octanol–water partition coefficient (Wildman–Crippen LogP) is 2.68. The summed E-state index contributed by atoms with van der Waals surface area (Å²) < 4.78 is 4.92. The van der Waals surface area contributed by atoms with Gasteiger partial charge in [-0.3, -0.25) is 4.79 Å². The van der Waals surface area contributed by atoms with Gasteiger partial charge in [-0.05, 0) is 25.0 Å². The average molecular weight is 276 g/mol. The van der Waals surface area contributed by atoms with Gasteiger partial charge in [0, 0.05) is 18.5 Å². The molecule has 0 bridgehead atoms. The summed E-state index contributed by atoms with van der Waals surface area (Å²) in [7, 11) is 1.62. The SMILES string of the molecule is CCc1ccc(C(=O)NCCC(Cl)COC)s1. The highest BCUT2D eigenvalue weighted by Crippen LogP contribution is 2.16. The van der Waals surface area contributed by atoms with Gasteiger partial charge >= 0.3 is 0 Å². The summed E-state index contributed by atoms with van der Waals surface area (Å²) >= 11 is 7.50. The Morgan fingerprint density at radius 2 is 2.35 bits per heavy atom. The number of carbonyl (C=O) groups excluding carboxylic acids is 1. The van der Waals surface area contributed by atoms with Crippen LogP contribution in [0.5, 0.6) is 0 Å². The lowest BCUT2D eigenvalue weighted by Crippen LogP contribution is -2.26. The molecule has 0 aliphatic heterocycles. The van der Waals surface area contributed by atoms with Crippen LogP contribution in [-0.2, 0) is 11.2 Å². The highest BCUT2D eigenvalue weighted by molar-refractivity contribution is 7.14. The van der Waals surface area contributed by atoms with Crippen molar-refractivity contribution in [3.63, 3.8) is 0 Å². The molecule has 0 saturated carbocycles. The van der Waals surface area contributed by atoms with E-state index in [1.807, 2.05) is 12.1 Å². The number of ether oxygens (including phenoxy) is 1. The number of aryl methyl sites for hydroxylation is 1. The van der Waals surface area contributed by atoms with Crippen LogP contribution in [0.25, 0.3) is 0 Å². The predicted molar refractivity (Wildman–Crippen MR) is 72.2 cm³/mol. The minimum absolute atomic E-state index is 0.0176. The quantitative estimate of drug-likeness (QED) is 0.777. The van der Waals surface area contributed by atoms with E-state index in [1.165, 1.54) is 4.88 Å². The van der Waals surface area contributed by atoms with Gasteiger partial charge in [-0.25, -0.2) is 0 Å². The number of carbonyl (C=O) groups is 1. The number of hydrogen-bond acceptors (Lipinski definition) is 3. The van der Waals surface area contributed by atoms with Crippen LogP contribution < -0.4 is 5.32 Å². The fourth-order valence-electron chi connectivity index (χ4n) is 1.38. The summed E-state index contributed by atoms with van der Waals surface area (Å²) in [6, 6.07) is 3.86. The second kappa shape index (κ2) is 7.69. The molecule has 0 aliphatic rings. The zero-order valence-electron chi connectivity index (χ0n) is 10.2. The van der Waals surface area contributed by atoms with Crippen LogP contribution in [0.4, 0.5) is 0 Å². The topological polar surface area (TPSA) is 38.3 Å². The van der Waals surface area contributed by atoms with Crippen LogP contribution in [0.15, 0.2) is 12.1 Å². The van der Waals surface area contributed by atoms with Crippen LogP contribution in [0, 0.1) is 0 Å². The van der Waals surface area contributed by atoms with E-state index in [2.05, 4.69) is 12.2 Å². The number of thiophene rings is 1. The molecule has 1 aromatic rings. The van der Waals surface area contributed by atoms with Gasteiger partial charge in [0.05, 0.1) is 16.9 Å². The van der Waals surface area contributed by atoms with Crippen LogP contribution in [-0.4, -0.2) is 31.5 Å². The summed E-state index contributed by atoms with van der Waals surface area (Å²) in [5.41, 5.74) is 0. The van der Waals surface area contributed by atoms with E-state index in [1.54, 1.807) is 18.4 Å². The zero-order valence-corrected chi connectivity index (χ0v) is 11.7. The van der Waals surface area contributed by atoms with Crippen molar-refractivity contribution in [1.29, 1.82) is 0 Å². The molecule has 1 N–H and O–H groups in total. The van der Waals surface area contributed by atoms with Gasteiger partial charge < -0.3 is 10.1 Å². The molecule has 0 saturated heterocycles. The molecule has 96 valence electrons. The molecule has 1 amide bonds. The molecule has 1 aromatic heterocycles. The van der Waals surface area contributed by atoms with Crippen LogP contribution in [0.1, 0.15) is 27.9 Å². The van der Waals surface area contributed by atoms with Gasteiger partial charge in [-0.15, -0.1) is 22.9 Å². The maximum absolute atomic E-state index is 11.7. The Morgan fingerprint density at radius 1 is 1.59 bits per heavy atom. The van der Waals surface area contributed by atoms with Crippen molar-refractivity contribution in [1.82, 2.24) is 5.32 Å². The molecular weight excluding hydrogens is 258 g/mol. The molecule has 0 aromatic carbocycles. The number of halogens is 1. The van der Waals surface area contributed by atoms with Crippen molar-refractivity contribution in [3.8, 4) is 0 Å². The normalized spacial score (nSPS) is 12.4. The average Bonchev–Trinajstić information content (AvgIpc) is 2.77. The summed E-state index contributed by atoms with van der Waals surface area (Å²) in [5.74, 6) is -0.0176. The molecule has 1 rings (SSSR count). The van der Waals surface area contributed by atoms with Crippen LogP contribution >= 0.6 is 22.9 Å². The number of nitrogens with one attached hydrogen (secondary N) is 1. The van der Waals surface area contributed by atoms with E-state index in [4.69, 9.17) is 16.3 Å². The lowest BCUT2D eigenvalue weighted by Gasteiger charge is -2.08. The monoisotopic (exact) mass is 275 g/mol. The maximum atomic E-state index is 11.7. The first kappa shape index (κ1) is 14.5. The van der Waals surface area contributed by atoms with Gasteiger partial charge in [-0.1, -0.05) is 6.92 Å². The van der Waals surface area contributed by atoms with E-state index in [-0.39, 0.29) is 11.3 Å². The summed E-state index contributed by atoms with van der Waals surface area (Å²) in [5, 5.41) is 2.81. The van der Waals surface area contributed by atoms with Crippen molar-refractivity contribution < 1.29 is 9.53 Å². The fraction of sp³-hybridized carbons (Fsp3) is 0.583. The van der Waals surface area contributed by atoms with Gasteiger partial charge in [0.1, 0.15) is 0 Å². The second-order valence-corrected chi connectivity index (χ2v) is 5.50. The van der Waals surface area contributed by atoms with Crippen molar-refractivity contribution in [3.05, 3.63) is 21.9 Å². The third kappa shape index (κ3) is 5.06. The Bertz CT molecular complexity index is 354. The molecule has 0 spiro atoms. The number of hydrogen-bond donors (Lipinski definition) is 1. The fourth-order valence-corrected chi connectivity index (χ4v) is 2.48. The van der Waals surface area contributed by atoms with Gasteiger partial charge in [0.2, 0.25) is 0 Å². The molecule has 1 unspecified atom stereocenters. The second-order valence-electron chi connectivity index (χ2n) is 3.72. The highest BCUT2D eigenvalue weighted by atomic mass is 35.5. The first-order valence-corrected chi connectivity index (χ1v) is 6.92. The van der Waals surface area contributed by atoms with E-state index >= 15 is 0 Å². The van der Waals surface area contributed by atoms with Crippen LogP contribution in [0.2, 0.25) is 0 Å². The Balaban J connectivity index is 2.29. The molecule has 1 heterocycles. The van der Waals surface area contributed by atoms with Crippen LogP contribution in [0.3, 0.4) is 0 Å². The van der Waals surface area contributed by atoms with Gasteiger partial charge in [0.15, 0.2) is 0 Å². The molecule has 5 heteroatoms. The molecule has 0 radical (unpaired) electrons. The highest BCUT2D eigenvalue weighted by Gasteiger charge is 2.09. The van der Waals surface area contributed by atoms with Gasteiger partial charge in [-0.2, -0.15) is 0 Å². The lowest BCUT2D eigenvalue weighted by molar-refractivity contribution is 0.0956. The first-order valence-electron chi connectivity index (χ1n) is 5.67. The third-order valence-corrected chi connectivity index (χ3v) is 3.90. The summed E-state index contributed by atoms with van der Waals surface area (Å²) in [4.78, 5) is 13.7. The Hall–Kier alpha value is -0.580. The standard InChI is InChI=1S/C12H18ClNO2S/c1-3-10-4-5-11(17-10)12(15)14-7-6-9(13)8-16-2/h4-5,9H,3,6-8H2,1-2H3,(H,14,15). The summed E-state index contributed by atoms with van der Waals surface area (Å²) in [6.07, 6.45) is 1.68. The Morgan fingerprint density at radius 3 is 2.94 bits per heavy atom. The number of methoxy groups -OCH3 is 1. The number of rotatable bonds is 7. The third-order valence-electron chi connectivity index (χ3n) is 2.32. The number of amides is 1. The van der Waals surface area contributed by atoms with Crippen molar-refractivity contribution in [2.75, 3.05) is 20.3 Å². The van der Waals surface area contributed by atoms with E-state index in [0.29, 0.717) is 19.6 Å². The molecular formula is C12H18ClNO2S. The smallest absolute Gasteiger partial charge is 0.261 e.